The number of aromatic nitrogens is 3. The Labute approximate surface area is 111 Å². The highest BCUT2D eigenvalue weighted by Crippen LogP contribution is 2.15. The molecular formula is C11H19F2N5O. The van der Waals surface area contributed by atoms with Crippen LogP contribution < -0.4 is 15.0 Å². The molecule has 0 fully saturated rings. The van der Waals surface area contributed by atoms with E-state index in [1.165, 1.54) is 0 Å². The van der Waals surface area contributed by atoms with Crippen LogP contribution in [0, 0.1) is 0 Å². The topological polar surface area (TPSA) is 63.2 Å². The average Bonchev–Trinajstić information content (AvgIpc) is 2.38. The molecular weight excluding hydrogens is 256 g/mol. The van der Waals surface area contributed by atoms with Crippen molar-refractivity contribution in [1.29, 1.82) is 0 Å². The summed E-state index contributed by atoms with van der Waals surface area (Å²) in [5, 5.41) is 2.92. The summed E-state index contributed by atoms with van der Waals surface area (Å²) < 4.78 is 29.1. The smallest absolute Gasteiger partial charge is 0.323 e. The van der Waals surface area contributed by atoms with E-state index in [1.807, 2.05) is 25.7 Å². The Morgan fingerprint density at radius 3 is 2.37 bits per heavy atom. The van der Waals surface area contributed by atoms with Crippen molar-refractivity contribution in [1.82, 2.24) is 15.0 Å². The summed E-state index contributed by atoms with van der Waals surface area (Å²) in [7, 11) is 0. The van der Waals surface area contributed by atoms with E-state index in [9.17, 15) is 8.78 Å². The molecule has 0 aliphatic heterocycles. The van der Waals surface area contributed by atoms with Gasteiger partial charge < -0.3 is 15.0 Å². The van der Waals surface area contributed by atoms with Crippen LogP contribution in [0.3, 0.4) is 0 Å². The monoisotopic (exact) mass is 275 g/mol. The van der Waals surface area contributed by atoms with Gasteiger partial charge in [0.2, 0.25) is 11.9 Å². The zero-order valence-corrected chi connectivity index (χ0v) is 11.4. The second kappa shape index (κ2) is 7.65. The Bertz CT molecular complexity index is 387. The molecule has 0 aliphatic carbocycles. The van der Waals surface area contributed by atoms with E-state index in [1.54, 1.807) is 0 Å². The molecule has 0 aromatic carbocycles. The number of anilines is 2. The molecule has 108 valence electrons. The molecule has 0 aliphatic rings. The highest BCUT2D eigenvalue weighted by Gasteiger charge is 2.13. The van der Waals surface area contributed by atoms with Crippen molar-refractivity contribution in [2.75, 3.05) is 36.5 Å². The van der Waals surface area contributed by atoms with Gasteiger partial charge in [-0.3, -0.25) is 0 Å². The SMILES string of the molecule is CCNc1nc(OCC(F)F)nc(N(CC)CC)n1. The van der Waals surface area contributed by atoms with Gasteiger partial charge in [-0.15, -0.1) is 0 Å². The van der Waals surface area contributed by atoms with Crippen molar-refractivity contribution in [3.05, 3.63) is 0 Å². The lowest BCUT2D eigenvalue weighted by Crippen LogP contribution is -2.25. The zero-order valence-electron chi connectivity index (χ0n) is 11.4. The van der Waals surface area contributed by atoms with Crippen LogP contribution in [0.5, 0.6) is 6.01 Å². The minimum atomic E-state index is -2.56. The molecule has 19 heavy (non-hydrogen) atoms. The molecule has 1 N–H and O–H groups in total. The van der Waals surface area contributed by atoms with Crippen LogP contribution in [0.2, 0.25) is 0 Å². The normalized spacial score (nSPS) is 10.6. The van der Waals surface area contributed by atoms with Gasteiger partial charge in [0.15, 0.2) is 6.61 Å². The molecule has 0 radical (unpaired) electrons. The number of halogens is 2. The molecule has 1 aromatic heterocycles. The molecule has 0 atom stereocenters. The van der Waals surface area contributed by atoms with E-state index < -0.39 is 13.0 Å². The Morgan fingerprint density at radius 2 is 1.84 bits per heavy atom. The molecule has 0 unspecified atom stereocenters. The third kappa shape index (κ3) is 4.80. The summed E-state index contributed by atoms with van der Waals surface area (Å²) in [5.41, 5.74) is 0. The van der Waals surface area contributed by atoms with Crippen molar-refractivity contribution in [2.24, 2.45) is 0 Å². The summed E-state index contributed by atoms with van der Waals surface area (Å²) in [6.45, 7) is 7.12. The summed E-state index contributed by atoms with van der Waals surface area (Å²) >= 11 is 0. The first-order valence-electron chi connectivity index (χ1n) is 6.26. The number of hydrogen-bond donors (Lipinski definition) is 1. The van der Waals surface area contributed by atoms with E-state index in [2.05, 4.69) is 20.3 Å². The first-order valence-corrected chi connectivity index (χ1v) is 6.26. The number of rotatable bonds is 8. The molecule has 1 heterocycles. The van der Waals surface area contributed by atoms with Crippen molar-refractivity contribution in [3.63, 3.8) is 0 Å². The third-order valence-corrected chi connectivity index (χ3v) is 2.32. The molecule has 6 nitrogen and oxygen atoms in total. The largest absolute Gasteiger partial charge is 0.457 e. The van der Waals surface area contributed by atoms with Crippen molar-refractivity contribution < 1.29 is 13.5 Å². The van der Waals surface area contributed by atoms with Gasteiger partial charge in [-0.1, -0.05) is 0 Å². The first-order chi connectivity index (χ1) is 9.10. The van der Waals surface area contributed by atoms with Crippen molar-refractivity contribution >= 4 is 11.9 Å². The van der Waals surface area contributed by atoms with E-state index >= 15 is 0 Å². The summed E-state index contributed by atoms with van der Waals surface area (Å²) in [6.07, 6.45) is -2.56. The fraction of sp³-hybridized carbons (Fsp3) is 0.727. The van der Waals surface area contributed by atoms with Crippen LogP contribution in [-0.4, -0.2) is 47.6 Å². The predicted molar refractivity (Wildman–Crippen MR) is 69.1 cm³/mol. The van der Waals surface area contributed by atoms with Crippen LogP contribution in [0.4, 0.5) is 20.7 Å². The van der Waals surface area contributed by atoms with Gasteiger partial charge in [0.1, 0.15) is 0 Å². The van der Waals surface area contributed by atoms with E-state index in [0.29, 0.717) is 31.5 Å². The van der Waals surface area contributed by atoms with Gasteiger partial charge in [0.25, 0.3) is 6.43 Å². The van der Waals surface area contributed by atoms with E-state index in [0.717, 1.165) is 0 Å². The summed E-state index contributed by atoms with van der Waals surface area (Å²) in [5.74, 6) is 0.740. The van der Waals surface area contributed by atoms with E-state index in [-0.39, 0.29) is 6.01 Å². The molecule has 0 saturated heterocycles. The van der Waals surface area contributed by atoms with Crippen LogP contribution in [0.1, 0.15) is 20.8 Å². The molecule has 8 heteroatoms. The summed E-state index contributed by atoms with van der Waals surface area (Å²) in [4.78, 5) is 14.1. The quantitative estimate of drug-likeness (QED) is 0.780. The maximum absolute atomic E-state index is 12.1. The molecule has 0 spiro atoms. The maximum atomic E-state index is 12.1. The molecule has 0 amide bonds. The number of nitrogens with zero attached hydrogens (tertiary/aromatic N) is 4. The van der Waals surface area contributed by atoms with Gasteiger partial charge in [-0.25, -0.2) is 8.78 Å². The Kier molecular flexibility index (Phi) is 6.17. The van der Waals surface area contributed by atoms with Gasteiger partial charge in [-0.05, 0) is 20.8 Å². The standard InChI is InChI=1S/C11H19F2N5O/c1-4-14-9-15-10(18(5-2)6-3)17-11(16-9)19-7-8(12)13/h8H,4-7H2,1-3H3,(H,14,15,16,17). The van der Waals surface area contributed by atoms with E-state index in [4.69, 9.17) is 4.74 Å². The minimum absolute atomic E-state index is 0.0897. The lowest BCUT2D eigenvalue weighted by atomic mass is 10.5. The zero-order chi connectivity index (χ0) is 14.3. The number of ether oxygens (including phenoxy) is 1. The van der Waals surface area contributed by atoms with Gasteiger partial charge in [0, 0.05) is 19.6 Å². The lowest BCUT2D eigenvalue weighted by Gasteiger charge is -2.19. The molecule has 1 rings (SSSR count). The number of alkyl halides is 2. The molecule has 0 bridgehead atoms. The first kappa shape index (κ1) is 15.3. The highest BCUT2D eigenvalue weighted by molar-refractivity contribution is 5.38. The average molecular weight is 275 g/mol. The molecule has 1 aromatic rings. The maximum Gasteiger partial charge on any atom is 0.323 e. The Hall–Kier alpha value is -1.73. The third-order valence-electron chi connectivity index (χ3n) is 2.32. The highest BCUT2D eigenvalue weighted by atomic mass is 19.3. The van der Waals surface area contributed by atoms with Crippen molar-refractivity contribution in [3.8, 4) is 6.01 Å². The van der Waals surface area contributed by atoms with Gasteiger partial charge in [0.05, 0.1) is 0 Å². The Morgan fingerprint density at radius 1 is 1.16 bits per heavy atom. The van der Waals surface area contributed by atoms with Crippen LogP contribution in [0.15, 0.2) is 0 Å². The molecule has 0 saturated carbocycles. The second-order valence-corrected chi connectivity index (χ2v) is 3.65. The second-order valence-electron chi connectivity index (χ2n) is 3.65. The van der Waals surface area contributed by atoms with Gasteiger partial charge in [-0.2, -0.15) is 15.0 Å². The van der Waals surface area contributed by atoms with Gasteiger partial charge >= 0.3 is 6.01 Å². The lowest BCUT2D eigenvalue weighted by molar-refractivity contribution is 0.0770. The van der Waals surface area contributed by atoms with Crippen LogP contribution in [0.25, 0.3) is 0 Å². The number of nitrogens with one attached hydrogen (secondary N) is 1. The predicted octanol–water partition coefficient (Wildman–Crippen LogP) is 1.79. The number of hydrogen-bond acceptors (Lipinski definition) is 6. The minimum Gasteiger partial charge on any atom is -0.457 e. The fourth-order valence-corrected chi connectivity index (χ4v) is 1.43. The van der Waals surface area contributed by atoms with Crippen LogP contribution in [-0.2, 0) is 0 Å². The fourth-order valence-electron chi connectivity index (χ4n) is 1.43. The summed E-state index contributed by atoms with van der Waals surface area (Å²) in [6, 6.07) is -0.0897. The Balaban J connectivity index is 2.95. The van der Waals surface area contributed by atoms with Crippen LogP contribution >= 0.6 is 0 Å². The van der Waals surface area contributed by atoms with Crippen molar-refractivity contribution in [2.45, 2.75) is 27.2 Å².